The van der Waals surface area contributed by atoms with Crippen LogP contribution in [0.5, 0.6) is 0 Å². The topological polar surface area (TPSA) is 58.9 Å². The molecule has 0 aliphatic rings. The molecule has 0 radical (unpaired) electrons. The Bertz CT molecular complexity index is 560. The number of aryl methyl sites for hydroxylation is 1. The number of hydrogen-bond donors (Lipinski definition) is 2. The highest BCUT2D eigenvalue weighted by Gasteiger charge is 2.08. The van der Waals surface area contributed by atoms with E-state index >= 15 is 0 Å². The zero-order valence-electron chi connectivity index (χ0n) is 11.9. The summed E-state index contributed by atoms with van der Waals surface area (Å²) < 4.78 is 1.56. The second kappa shape index (κ2) is 6.75. The van der Waals surface area contributed by atoms with Gasteiger partial charge in [-0.25, -0.2) is 0 Å². The summed E-state index contributed by atoms with van der Waals surface area (Å²) in [5, 5.41) is 10.2. The van der Waals surface area contributed by atoms with Crippen LogP contribution >= 0.6 is 0 Å². The van der Waals surface area contributed by atoms with E-state index in [0.29, 0.717) is 12.2 Å². The van der Waals surface area contributed by atoms with Crippen LogP contribution in [0.2, 0.25) is 0 Å². The third-order valence-electron chi connectivity index (χ3n) is 3.04. The quantitative estimate of drug-likeness (QED) is 0.847. The molecule has 0 atom stereocenters. The Morgan fingerprint density at radius 1 is 1.25 bits per heavy atom. The van der Waals surface area contributed by atoms with Crippen molar-refractivity contribution in [3.63, 3.8) is 0 Å². The third kappa shape index (κ3) is 3.60. The lowest BCUT2D eigenvalue weighted by Gasteiger charge is -2.08. The van der Waals surface area contributed by atoms with Gasteiger partial charge >= 0.3 is 0 Å². The van der Waals surface area contributed by atoms with Gasteiger partial charge < -0.3 is 10.6 Å². The van der Waals surface area contributed by atoms with E-state index in [9.17, 15) is 4.79 Å². The summed E-state index contributed by atoms with van der Waals surface area (Å²) >= 11 is 0. The van der Waals surface area contributed by atoms with Crippen molar-refractivity contribution in [2.45, 2.75) is 19.9 Å². The minimum Gasteiger partial charge on any atom is -0.385 e. The molecule has 0 spiro atoms. The van der Waals surface area contributed by atoms with Crippen molar-refractivity contribution in [3.8, 4) is 0 Å². The van der Waals surface area contributed by atoms with Crippen LogP contribution in [0, 0.1) is 0 Å². The van der Waals surface area contributed by atoms with Gasteiger partial charge in [0.15, 0.2) is 0 Å². The highest BCUT2D eigenvalue weighted by Crippen LogP contribution is 2.09. The number of benzene rings is 1. The lowest BCUT2D eigenvalue weighted by atomic mass is 10.2. The van der Waals surface area contributed by atoms with Crippen LogP contribution in [0.4, 0.5) is 5.69 Å². The molecule has 2 aromatic rings. The number of hydrogen-bond acceptors (Lipinski definition) is 3. The van der Waals surface area contributed by atoms with Crippen molar-refractivity contribution < 1.29 is 4.79 Å². The largest absolute Gasteiger partial charge is 0.385 e. The Hall–Kier alpha value is -2.30. The Morgan fingerprint density at radius 3 is 2.60 bits per heavy atom. The molecule has 1 aromatic carbocycles. The third-order valence-corrected chi connectivity index (χ3v) is 3.04. The van der Waals surface area contributed by atoms with Gasteiger partial charge in [-0.1, -0.05) is 19.1 Å². The molecular weight excluding hydrogens is 252 g/mol. The first-order valence-electron chi connectivity index (χ1n) is 6.79. The molecule has 2 N–H and O–H groups in total. The normalized spacial score (nSPS) is 10.3. The van der Waals surface area contributed by atoms with E-state index in [-0.39, 0.29) is 5.91 Å². The molecule has 106 valence electrons. The van der Waals surface area contributed by atoms with Gasteiger partial charge in [-0.2, -0.15) is 5.10 Å². The standard InChI is InChI=1S/C15H20N4O/c1-3-9-16-13-6-4-12(5-7-13)11-17-15(20)14-8-10-18-19(14)2/h4-8,10,16H,3,9,11H2,1-2H3,(H,17,20). The van der Waals surface area contributed by atoms with Crippen molar-refractivity contribution in [2.75, 3.05) is 11.9 Å². The Balaban J connectivity index is 1.88. The molecule has 2 rings (SSSR count). The van der Waals surface area contributed by atoms with Crippen LogP contribution in [-0.2, 0) is 13.6 Å². The fraction of sp³-hybridized carbons (Fsp3) is 0.333. The van der Waals surface area contributed by atoms with E-state index in [2.05, 4.69) is 22.7 Å². The average molecular weight is 272 g/mol. The summed E-state index contributed by atoms with van der Waals surface area (Å²) in [4.78, 5) is 11.9. The predicted molar refractivity (Wildman–Crippen MR) is 79.6 cm³/mol. The zero-order valence-corrected chi connectivity index (χ0v) is 11.9. The number of aromatic nitrogens is 2. The minimum absolute atomic E-state index is 0.113. The van der Waals surface area contributed by atoms with Crippen LogP contribution in [0.1, 0.15) is 29.4 Å². The molecule has 1 amide bonds. The minimum atomic E-state index is -0.113. The average Bonchev–Trinajstić information content (AvgIpc) is 2.90. The van der Waals surface area contributed by atoms with Gasteiger partial charge in [0.1, 0.15) is 5.69 Å². The molecule has 0 fully saturated rings. The van der Waals surface area contributed by atoms with Crippen LogP contribution in [0.25, 0.3) is 0 Å². The summed E-state index contributed by atoms with van der Waals surface area (Å²) in [5.74, 6) is -0.113. The second-order valence-corrected chi connectivity index (χ2v) is 4.65. The van der Waals surface area contributed by atoms with Crippen molar-refractivity contribution >= 4 is 11.6 Å². The molecular formula is C15H20N4O. The highest BCUT2D eigenvalue weighted by molar-refractivity contribution is 5.92. The molecule has 0 aliphatic carbocycles. The molecule has 20 heavy (non-hydrogen) atoms. The predicted octanol–water partition coefficient (Wildman–Crippen LogP) is 2.17. The maximum absolute atomic E-state index is 11.9. The fourth-order valence-corrected chi connectivity index (χ4v) is 1.88. The van der Waals surface area contributed by atoms with E-state index < -0.39 is 0 Å². The lowest BCUT2D eigenvalue weighted by Crippen LogP contribution is -2.25. The van der Waals surface area contributed by atoms with Gasteiger partial charge in [-0.3, -0.25) is 9.48 Å². The summed E-state index contributed by atoms with van der Waals surface area (Å²) in [7, 11) is 1.75. The van der Waals surface area contributed by atoms with Crippen molar-refractivity contribution in [1.29, 1.82) is 0 Å². The summed E-state index contributed by atoms with van der Waals surface area (Å²) in [6.45, 7) is 3.62. The molecule has 5 nitrogen and oxygen atoms in total. The SMILES string of the molecule is CCCNc1ccc(CNC(=O)c2ccnn2C)cc1. The van der Waals surface area contributed by atoms with Gasteiger partial charge in [0.25, 0.3) is 5.91 Å². The fourth-order valence-electron chi connectivity index (χ4n) is 1.88. The van der Waals surface area contributed by atoms with E-state index in [0.717, 1.165) is 24.2 Å². The summed E-state index contributed by atoms with van der Waals surface area (Å²) in [5.41, 5.74) is 2.74. The lowest BCUT2D eigenvalue weighted by molar-refractivity contribution is 0.0941. The van der Waals surface area contributed by atoms with E-state index in [1.54, 1.807) is 24.0 Å². The Kier molecular flexibility index (Phi) is 4.76. The number of carbonyl (C=O) groups is 1. The number of anilines is 1. The summed E-state index contributed by atoms with van der Waals surface area (Å²) in [6.07, 6.45) is 2.71. The number of carbonyl (C=O) groups excluding carboxylic acids is 1. The van der Waals surface area contributed by atoms with Gasteiger partial charge in [0.2, 0.25) is 0 Å². The smallest absolute Gasteiger partial charge is 0.269 e. The molecule has 5 heteroatoms. The van der Waals surface area contributed by atoms with Crippen molar-refractivity contribution in [1.82, 2.24) is 15.1 Å². The number of nitrogens with one attached hydrogen (secondary N) is 2. The van der Waals surface area contributed by atoms with Crippen LogP contribution in [0.15, 0.2) is 36.5 Å². The molecule has 0 aliphatic heterocycles. The number of nitrogens with zero attached hydrogens (tertiary/aromatic N) is 2. The maximum atomic E-state index is 11.9. The second-order valence-electron chi connectivity index (χ2n) is 4.65. The molecule has 0 unspecified atom stereocenters. The first-order chi connectivity index (χ1) is 9.70. The first kappa shape index (κ1) is 14.1. The van der Waals surface area contributed by atoms with Crippen LogP contribution in [0.3, 0.4) is 0 Å². The van der Waals surface area contributed by atoms with Crippen LogP contribution in [-0.4, -0.2) is 22.2 Å². The molecule has 0 saturated heterocycles. The maximum Gasteiger partial charge on any atom is 0.269 e. The molecule has 1 aromatic heterocycles. The monoisotopic (exact) mass is 272 g/mol. The Labute approximate surface area is 119 Å². The number of amides is 1. The Morgan fingerprint density at radius 2 is 2.00 bits per heavy atom. The number of rotatable bonds is 6. The highest BCUT2D eigenvalue weighted by atomic mass is 16.2. The molecule has 0 bridgehead atoms. The zero-order chi connectivity index (χ0) is 14.4. The van der Waals surface area contributed by atoms with E-state index in [1.807, 2.05) is 24.3 Å². The van der Waals surface area contributed by atoms with Gasteiger partial charge in [0, 0.05) is 32.0 Å². The first-order valence-corrected chi connectivity index (χ1v) is 6.79. The molecule has 1 heterocycles. The van der Waals surface area contributed by atoms with Gasteiger partial charge in [-0.05, 0) is 30.2 Å². The molecule has 0 saturated carbocycles. The van der Waals surface area contributed by atoms with Crippen molar-refractivity contribution in [2.24, 2.45) is 7.05 Å². The van der Waals surface area contributed by atoms with Crippen LogP contribution < -0.4 is 10.6 Å². The van der Waals surface area contributed by atoms with E-state index in [4.69, 9.17) is 0 Å². The van der Waals surface area contributed by atoms with E-state index in [1.165, 1.54) is 0 Å². The van der Waals surface area contributed by atoms with Crippen molar-refractivity contribution in [3.05, 3.63) is 47.8 Å². The summed E-state index contributed by atoms with van der Waals surface area (Å²) in [6, 6.07) is 9.79. The van der Waals surface area contributed by atoms with Gasteiger partial charge in [0.05, 0.1) is 0 Å². The van der Waals surface area contributed by atoms with Gasteiger partial charge in [-0.15, -0.1) is 0 Å².